The predicted octanol–water partition coefficient (Wildman–Crippen LogP) is 0.0471. The summed E-state index contributed by atoms with van der Waals surface area (Å²) in [6, 6.07) is 0.378. The molecule has 0 saturated carbocycles. The molecule has 0 aliphatic carbocycles. The van der Waals surface area contributed by atoms with Gasteiger partial charge in [-0.15, -0.1) is 0 Å². The average Bonchev–Trinajstić information content (AvgIpc) is 2.24. The van der Waals surface area contributed by atoms with Gasteiger partial charge in [0.25, 0.3) is 0 Å². The van der Waals surface area contributed by atoms with Crippen LogP contribution in [0.5, 0.6) is 0 Å². The number of aliphatic hydroxyl groups is 1. The zero-order valence-electron chi connectivity index (χ0n) is 9.40. The highest BCUT2D eigenvalue weighted by atomic mass is 16.5. The molecule has 4 heteroatoms. The van der Waals surface area contributed by atoms with Crippen molar-refractivity contribution in [1.82, 2.24) is 4.90 Å². The highest BCUT2D eigenvalue weighted by Gasteiger charge is 2.55. The van der Waals surface area contributed by atoms with Gasteiger partial charge in [-0.25, -0.2) is 0 Å². The van der Waals surface area contributed by atoms with Crippen LogP contribution in [-0.2, 0) is 9.53 Å². The van der Waals surface area contributed by atoms with E-state index in [9.17, 15) is 9.90 Å². The molecular weight excluding hydrogens is 194 g/mol. The number of piperidine rings is 3. The lowest BCUT2D eigenvalue weighted by atomic mass is 9.71. The number of hydrogen-bond acceptors (Lipinski definition) is 4. The van der Waals surface area contributed by atoms with E-state index in [4.69, 9.17) is 4.74 Å². The third kappa shape index (κ3) is 1.43. The minimum absolute atomic E-state index is 0.124. The summed E-state index contributed by atoms with van der Waals surface area (Å²) in [6.07, 6.45) is 1.87. The van der Waals surface area contributed by atoms with Gasteiger partial charge in [-0.1, -0.05) is 0 Å². The Kier molecular flexibility index (Phi) is 2.83. The highest BCUT2D eigenvalue weighted by molar-refractivity contribution is 5.92. The van der Waals surface area contributed by atoms with Crippen molar-refractivity contribution in [3.63, 3.8) is 0 Å². The maximum atomic E-state index is 12.2. The normalized spacial score (nSPS) is 44.7. The number of carbonyl (C=O) groups is 1. The Balaban J connectivity index is 2.32. The molecule has 3 aliphatic rings. The third-order valence-corrected chi connectivity index (χ3v) is 3.90. The number of nitrogens with zero attached hydrogens (tertiary/aromatic N) is 1. The fraction of sp³-hybridized carbons (Fsp3) is 0.909. The minimum Gasteiger partial charge on any atom is -0.394 e. The van der Waals surface area contributed by atoms with Crippen LogP contribution < -0.4 is 0 Å². The Hall–Kier alpha value is -0.450. The van der Waals surface area contributed by atoms with Crippen LogP contribution in [0.15, 0.2) is 0 Å². The molecule has 0 radical (unpaired) electrons. The van der Waals surface area contributed by atoms with Crippen LogP contribution in [0.25, 0.3) is 0 Å². The van der Waals surface area contributed by atoms with E-state index in [0.29, 0.717) is 12.6 Å². The molecule has 15 heavy (non-hydrogen) atoms. The molecule has 0 spiro atoms. The number of carbonyl (C=O) groups excluding carboxylic acids is 1. The van der Waals surface area contributed by atoms with Crippen LogP contribution in [0.2, 0.25) is 0 Å². The number of Topliss-reactive ketones (excluding diaryl/α,β-unsaturated/α-hetero) is 1. The maximum absolute atomic E-state index is 12.2. The summed E-state index contributed by atoms with van der Waals surface area (Å²) in [4.78, 5) is 14.3. The Morgan fingerprint density at radius 2 is 2.40 bits per heavy atom. The number of methoxy groups -OCH3 is 1. The van der Waals surface area contributed by atoms with Gasteiger partial charge in [0, 0.05) is 25.6 Å². The van der Waals surface area contributed by atoms with E-state index < -0.39 is 5.54 Å². The van der Waals surface area contributed by atoms with E-state index in [0.717, 1.165) is 19.4 Å². The van der Waals surface area contributed by atoms with Crippen molar-refractivity contribution in [2.24, 2.45) is 5.92 Å². The molecule has 86 valence electrons. The maximum Gasteiger partial charge on any atom is 0.161 e. The lowest BCUT2D eigenvalue weighted by molar-refractivity contribution is -0.164. The number of fused-ring (bicyclic) bond motifs is 3. The van der Waals surface area contributed by atoms with Gasteiger partial charge in [-0.2, -0.15) is 0 Å². The Morgan fingerprint density at radius 1 is 1.67 bits per heavy atom. The molecule has 3 rings (SSSR count). The van der Waals surface area contributed by atoms with Gasteiger partial charge in [0.2, 0.25) is 0 Å². The molecule has 0 aromatic rings. The molecule has 0 aromatic heterocycles. The molecule has 0 amide bonds. The summed E-state index contributed by atoms with van der Waals surface area (Å²) in [5.41, 5.74) is -0.755. The lowest BCUT2D eigenvalue weighted by Crippen LogP contribution is -2.71. The van der Waals surface area contributed by atoms with Crippen molar-refractivity contribution in [2.75, 3.05) is 26.9 Å². The lowest BCUT2D eigenvalue weighted by Gasteiger charge is -2.55. The third-order valence-electron chi connectivity index (χ3n) is 3.90. The largest absolute Gasteiger partial charge is 0.394 e. The monoisotopic (exact) mass is 213 g/mol. The van der Waals surface area contributed by atoms with Gasteiger partial charge < -0.3 is 9.84 Å². The van der Waals surface area contributed by atoms with Gasteiger partial charge in [0.15, 0.2) is 5.78 Å². The smallest absolute Gasteiger partial charge is 0.161 e. The van der Waals surface area contributed by atoms with E-state index in [1.54, 1.807) is 7.11 Å². The molecule has 3 fully saturated rings. The second kappa shape index (κ2) is 3.85. The molecule has 1 N–H and O–H groups in total. The van der Waals surface area contributed by atoms with Gasteiger partial charge in [-0.05, 0) is 19.8 Å². The van der Waals surface area contributed by atoms with Gasteiger partial charge in [-0.3, -0.25) is 9.69 Å². The van der Waals surface area contributed by atoms with Crippen molar-refractivity contribution in [3.05, 3.63) is 0 Å². The van der Waals surface area contributed by atoms with E-state index >= 15 is 0 Å². The molecule has 0 aromatic carbocycles. The highest BCUT2D eigenvalue weighted by Crippen LogP contribution is 2.39. The molecule has 3 saturated heterocycles. The first kappa shape index (κ1) is 11.0. The summed E-state index contributed by atoms with van der Waals surface area (Å²) < 4.78 is 5.12. The van der Waals surface area contributed by atoms with Crippen molar-refractivity contribution in [2.45, 2.75) is 31.3 Å². The standard InChI is InChI=1S/C11H19NO3/c1-8-5-9-3-4-12(8)11(6-13,7-15-2)10(9)14/h8-9,13H,3-7H2,1-2H3/t8-,9+,11-/m0/s1. The molecule has 4 atom stereocenters. The van der Waals surface area contributed by atoms with Gasteiger partial charge >= 0.3 is 0 Å². The molecule has 2 bridgehead atoms. The molecule has 0 unspecified atom stereocenters. The van der Waals surface area contributed by atoms with Crippen molar-refractivity contribution in [3.8, 4) is 0 Å². The summed E-state index contributed by atoms with van der Waals surface area (Å²) >= 11 is 0. The predicted molar refractivity (Wildman–Crippen MR) is 55.6 cm³/mol. The quantitative estimate of drug-likeness (QED) is 0.719. The second-order valence-electron chi connectivity index (χ2n) is 4.75. The second-order valence-corrected chi connectivity index (χ2v) is 4.75. The Bertz CT molecular complexity index is 269. The van der Waals surface area contributed by atoms with E-state index in [-0.39, 0.29) is 18.3 Å². The van der Waals surface area contributed by atoms with E-state index in [1.807, 2.05) is 0 Å². The van der Waals surface area contributed by atoms with Crippen LogP contribution in [0.3, 0.4) is 0 Å². The van der Waals surface area contributed by atoms with Crippen molar-refractivity contribution < 1.29 is 14.6 Å². The summed E-state index contributed by atoms with van der Waals surface area (Å²) in [5, 5.41) is 9.54. The number of ketones is 1. The first-order valence-electron chi connectivity index (χ1n) is 5.56. The first-order valence-corrected chi connectivity index (χ1v) is 5.56. The Morgan fingerprint density at radius 3 is 2.93 bits per heavy atom. The number of ether oxygens (including phenoxy) is 1. The number of rotatable bonds is 3. The summed E-state index contributed by atoms with van der Waals surface area (Å²) in [5.74, 6) is 0.309. The van der Waals surface area contributed by atoms with Crippen LogP contribution in [0, 0.1) is 5.92 Å². The van der Waals surface area contributed by atoms with E-state index in [1.165, 1.54) is 0 Å². The summed E-state index contributed by atoms with van der Waals surface area (Å²) in [7, 11) is 1.58. The SMILES string of the molecule is COC[C@@]1(CO)C(=O)[C@@H]2CC[N@@]1[C@@H](C)C2. The Labute approximate surface area is 90.2 Å². The zero-order chi connectivity index (χ0) is 11.1. The first-order chi connectivity index (χ1) is 7.15. The zero-order valence-corrected chi connectivity index (χ0v) is 9.40. The number of aliphatic hydroxyl groups excluding tert-OH is 1. The topological polar surface area (TPSA) is 49.8 Å². The van der Waals surface area contributed by atoms with Crippen LogP contribution in [0.4, 0.5) is 0 Å². The molecule has 3 heterocycles. The van der Waals surface area contributed by atoms with Crippen molar-refractivity contribution >= 4 is 5.78 Å². The average molecular weight is 213 g/mol. The fourth-order valence-electron chi connectivity index (χ4n) is 3.17. The molecule has 3 aliphatic heterocycles. The molecular formula is C11H19NO3. The summed E-state index contributed by atoms with van der Waals surface area (Å²) in [6.45, 7) is 3.21. The van der Waals surface area contributed by atoms with Crippen molar-refractivity contribution in [1.29, 1.82) is 0 Å². The van der Waals surface area contributed by atoms with Gasteiger partial charge in [0.1, 0.15) is 5.54 Å². The fourth-order valence-corrected chi connectivity index (χ4v) is 3.17. The van der Waals surface area contributed by atoms with Crippen LogP contribution >= 0.6 is 0 Å². The minimum atomic E-state index is -0.755. The number of hydrogen-bond donors (Lipinski definition) is 1. The van der Waals surface area contributed by atoms with Crippen LogP contribution in [0.1, 0.15) is 19.8 Å². The van der Waals surface area contributed by atoms with Crippen LogP contribution in [-0.4, -0.2) is 54.2 Å². The van der Waals surface area contributed by atoms with Gasteiger partial charge in [0.05, 0.1) is 13.2 Å². The molecule has 4 nitrogen and oxygen atoms in total. The van der Waals surface area contributed by atoms with E-state index in [2.05, 4.69) is 11.8 Å².